The minimum Gasteiger partial charge on any atom is -0.455 e. The van der Waals surface area contributed by atoms with Crippen molar-refractivity contribution >= 4 is 71.6 Å². The van der Waals surface area contributed by atoms with Crippen LogP contribution in [-0.2, 0) is 5.41 Å². The predicted octanol–water partition coefficient (Wildman–Crippen LogP) is 18.6. The maximum Gasteiger partial charge on any atom is 0.145 e. The zero-order valence-electron chi connectivity index (χ0n) is 38.9. The van der Waals surface area contributed by atoms with Crippen molar-refractivity contribution in [2.45, 2.75) is 19.3 Å². The van der Waals surface area contributed by atoms with Gasteiger partial charge in [-0.25, -0.2) is 0 Å². The Bertz CT molecular complexity index is 4150. The number of nitrogens with zero attached hydrogens (tertiary/aromatic N) is 2. The second-order valence-electron chi connectivity index (χ2n) is 19.2. The van der Waals surface area contributed by atoms with Gasteiger partial charge in [0.1, 0.15) is 11.2 Å². The molecule has 13 aromatic rings. The van der Waals surface area contributed by atoms with Crippen LogP contribution in [0.5, 0.6) is 0 Å². The zero-order chi connectivity index (χ0) is 46.5. The fraction of sp³-hybridized carbons (Fsp3) is 0.0448. The van der Waals surface area contributed by atoms with Crippen molar-refractivity contribution in [2.24, 2.45) is 0 Å². The van der Waals surface area contributed by atoms with Crippen LogP contribution in [0, 0.1) is 0 Å². The number of furan rings is 1. The van der Waals surface area contributed by atoms with E-state index in [1.54, 1.807) is 0 Å². The molecule has 0 radical (unpaired) electrons. The monoisotopic (exact) mass is 894 g/mol. The van der Waals surface area contributed by atoms with Gasteiger partial charge in [0.2, 0.25) is 0 Å². The van der Waals surface area contributed by atoms with Crippen LogP contribution in [-0.4, -0.2) is 4.57 Å². The minimum atomic E-state index is -0.0801. The Morgan fingerprint density at radius 3 is 1.74 bits per heavy atom. The maximum absolute atomic E-state index is 7.01. The molecule has 0 amide bonds. The van der Waals surface area contributed by atoms with Gasteiger partial charge < -0.3 is 13.9 Å². The average Bonchev–Trinajstić information content (AvgIpc) is 4.05. The Kier molecular flexibility index (Phi) is 8.93. The van der Waals surface area contributed by atoms with Gasteiger partial charge in [-0.2, -0.15) is 0 Å². The quantitative estimate of drug-likeness (QED) is 0.159. The molecule has 0 saturated heterocycles. The lowest BCUT2D eigenvalue weighted by Crippen LogP contribution is -2.14. The van der Waals surface area contributed by atoms with E-state index < -0.39 is 0 Å². The van der Waals surface area contributed by atoms with Crippen LogP contribution in [0.2, 0.25) is 0 Å². The van der Waals surface area contributed by atoms with Crippen LogP contribution in [0.25, 0.3) is 105 Å². The van der Waals surface area contributed by atoms with Gasteiger partial charge in [-0.3, -0.25) is 0 Å². The smallest absolute Gasteiger partial charge is 0.145 e. The van der Waals surface area contributed by atoms with E-state index in [1.165, 1.54) is 71.5 Å². The van der Waals surface area contributed by atoms with Crippen LogP contribution in [0.1, 0.15) is 25.0 Å². The molecule has 11 aromatic carbocycles. The van der Waals surface area contributed by atoms with Crippen molar-refractivity contribution in [1.29, 1.82) is 0 Å². The third-order valence-electron chi connectivity index (χ3n) is 15.0. The Balaban J connectivity index is 0.946. The number of aromatic nitrogens is 1. The zero-order valence-corrected chi connectivity index (χ0v) is 38.9. The Morgan fingerprint density at radius 2 is 0.957 bits per heavy atom. The molecule has 70 heavy (non-hydrogen) atoms. The summed E-state index contributed by atoms with van der Waals surface area (Å²) in [5.74, 6) is 0. The highest BCUT2D eigenvalue weighted by Crippen LogP contribution is 2.51. The van der Waals surface area contributed by atoms with E-state index in [9.17, 15) is 0 Å². The van der Waals surface area contributed by atoms with Gasteiger partial charge in [0.05, 0.1) is 27.8 Å². The van der Waals surface area contributed by atoms with E-state index in [-0.39, 0.29) is 5.41 Å². The summed E-state index contributed by atoms with van der Waals surface area (Å²) in [4.78, 5) is 2.45. The first-order valence-corrected chi connectivity index (χ1v) is 24.2. The van der Waals surface area contributed by atoms with Crippen molar-refractivity contribution in [3.05, 3.63) is 254 Å². The molecule has 0 atom stereocenters. The lowest BCUT2D eigenvalue weighted by molar-refractivity contribution is 0.660. The number of hydrogen-bond acceptors (Lipinski definition) is 2. The van der Waals surface area contributed by atoms with Gasteiger partial charge in [0.25, 0.3) is 0 Å². The van der Waals surface area contributed by atoms with Crippen molar-refractivity contribution < 1.29 is 4.42 Å². The molecule has 0 fully saturated rings. The average molecular weight is 895 g/mol. The first-order chi connectivity index (χ1) is 34.5. The summed E-state index contributed by atoms with van der Waals surface area (Å²) in [6.45, 7) is 4.70. The summed E-state index contributed by atoms with van der Waals surface area (Å²) in [5.41, 5.74) is 20.6. The van der Waals surface area contributed by atoms with Gasteiger partial charge in [-0.1, -0.05) is 190 Å². The molecule has 0 bridgehead atoms. The summed E-state index contributed by atoms with van der Waals surface area (Å²) < 4.78 is 9.38. The lowest BCUT2D eigenvalue weighted by atomic mass is 9.81. The normalized spacial score (nSPS) is 12.8. The molecule has 0 saturated carbocycles. The lowest BCUT2D eigenvalue weighted by Gasteiger charge is -2.29. The molecule has 1 aliphatic rings. The molecule has 0 aliphatic heterocycles. The summed E-state index contributed by atoms with van der Waals surface area (Å²) in [6.07, 6.45) is 0. The molecule has 330 valence electrons. The fourth-order valence-electron chi connectivity index (χ4n) is 11.7. The maximum atomic E-state index is 7.01. The highest BCUT2D eigenvalue weighted by Gasteiger charge is 2.35. The van der Waals surface area contributed by atoms with Crippen LogP contribution < -0.4 is 4.90 Å². The van der Waals surface area contributed by atoms with E-state index in [0.717, 1.165) is 61.4 Å². The molecule has 0 unspecified atom stereocenters. The standard InChI is InChI=1S/C67H46N2O/c1-67(2)58-25-10-5-19-52(58)53-39-34-46(42-59(53)67)43-30-35-48(36-31-43)69(60-26-11-6-20-54(60)51-24-15-17-44-16-3-4-18-49(44)51)63-41-40-50(66-65(63)57-23-9-14-29-64(57)70-66)45-32-37-47(38-33-45)68-61-27-12-7-21-55(61)56-22-8-13-28-62(56)68/h3-42H,1-2H3. The van der Waals surface area contributed by atoms with Gasteiger partial charge in [-0.15, -0.1) is 0 Å². The van der Waals surface area contributed by atoms with Crippen molar-refractivity contribution in [3.8, 4) is 50.2 Å². The number of hydrogen-bond donors (Lipinski definition) is 0. The topological polar surface area (TPSA) is 21.3 Å². The van der Waals surface area contributed by atoms with Crippen LogP contribution in [0.15, 0.2) is 247 Å². The van der Waals surface area contributed by atoms with E-state index in [0.29, 0.717) is 0 Å². The summed E-state index contributed by atoms with van der Waals surface area (Å²) in [7, 11) is 0. The van der Waals surface area contributed by atoms with E-state index in [2.05, 4.69) is 266 Å². The van der Waals surface area contributed by atoms with Gasteiger partial charge in [0, 0.05) is 44.1 Å². The van der Waals surface area contributed by atoms with Crippen LogP contribution in [0.3, 0.4) is 0 Å². The molecule has 1 aliphatic carbocycles. The first kappa shape index (κ1) is 40.2. The van der Waals surface area contributed by atoms with E-state index in [4.69, 9.17) is 4.42 Å². The number of anilines is 3. The van der Waals surface area contributed by atoms with Crippen molar-refractivity contribution in [3.63, 3.8) is 0 Å². The highest BCUT2D eigenvalue weighted by atomic mass is 16.3. The minimum absolute atomic E-state index is 0.0801. The number of benzene rings is 11. The molecule has 0 N–H and O–H groups in total. The third kappa shape index (κ3) is 6.08. The summed E-state index contributed by atoms with van der Waals surface area (Å²) in [6, 6.07) is 88.5. The third-order valence-corrected chi connectivity index (χ3v) is 15.0. The van der Waals surface area contributed by atoms with Crippen LogP contribution >= 0.6 is 0 Å². The first-order valence-electron chi connectivity index (χ1n) is 24.2. The molecule has 3 heteroatoms. The molecule has 0 spiro atoms. The number of para-hydroxylation sites is 4. The second kappa shape index (κ2) is 15.6. The second-order valence-corrected chi connectivity index (χ2v) is 19.2. The Labute approximate surface area is 406 Å². The predicted molar refractivity (Wildman–Crippen MR) is 294 cm³/mol. The largest absolute Gasteiger partial charge is 0.455 e. The fourth-order valence-corrected chi connectivity index (χ4v) is 11.7. The number of fused-ring (bicyclic) bond motifs is 10. The Hall–Kier alpha value is -8.92. The van der Waals surface area contributed by atoms with E-state index in [1.807, 2.05) is 0 Å². The number of rotatable bonds is 7. The van der Waals surface area contributed by atoms with Crippen molar-refractivity contribution in [2.75, 3.05) is 4.90 Å². The van der Waals surface area contributed by atoms with Crippen LogP contribution in [0.4, 0.5) is 17.1 Å². The SMILES string of the molecule is CC1(C)c2ccccc2-c2ccc(-c3ccc(N(c4ccccc4-c4cccc5ccccc45)c4ccc(-c5ccc(-n6c7ccccc7c7ccccc76)cc5)c5oc6ccccc6c45)cc3)cc21. The summed E-state index contributed by atoms with van der Waals surface area (Å²) >= 11 is 0. The molecule has 2 aromatic heterocycles. The van der Waals surface area contributed by atoms with Crippen molar-refractivity contribution in [1.82, 2.24) is 4.57 Å². The van der Waals surface area contributed by atoms with Gasteiger partial charge >= 0.3 is 0 Å². The van der Waals surface area contributed by atoms with Gasteiger partial charge in [-0.05, 0) is 122 Å². The van der Waals surface area contributed by atoms with E-state index >= 15 is 0 Å². The molecule has 14 rings (SSSR count). The molecule has 3 nitrogen and oxygen atoms in total. The molecular formula is C67H46N2O. The van der Waals surface area contributed by atoms with Gasteiger partial charge in [0.15, 0.2) is 0 Å². The highest BCUT2D eigenvalue weighted by molar-refractivity contribution is 6.18. The summed E-state index contributed by atoms with van der Waals surface area (Å²) in [5, 5.41) is 7.07. The molecular weight excluding hydrogens is 849 g/mol. The molecule has 2 heterocycles. The Morgan fingerprint density at radius 1 is 0.386 bits per heavy atom.